The largest absolute Gasteiger partial charge is 0.399 e. The second-order valence-corrected chi connectivity index (χ2v) is 5.08. The van der Waals surface area contributed by atoms with E-state index < -0.39 is 0 Å². The normalized spacial score (nSPS) is 33.9. The van der Waals surface area contributed by atoms with Crippen LogP contribution in [0.25, 0.3) is 0 Å². The second kappa shape index (κ2) is 5.74. The third-order valence-electron chi connectivity index (χ3n) is 3.65. The number of hydrogen-bond donors (Lipinski definition) is 1. The van der Waals surface area contributed by atoms with Gasteiger partial charge in [-0.05, 0) is 19.3 Å². The lowest BCUT2D eigenvalue weighted by molar-refractivity contribution is -0.0182. The van der Waals surface area contributed by atoms with Crippen molar-refractivity contribution < 1.29 is 9.47 Å². The molecule has 2 heterocycles. The zero-order valence-corrected chi connectivity index (χ0v) is 10.9. The first kappa shape index (κ1) is 12.7. The minimum Gasteiger partial charge on any atom is -0.399 e. The lowest BCUT2D eigenvalue weighted by Gasteiger charge is -2.36. The minimum atomic E-state index is 0.0782. The molecule has 0 aromatic carbocycles. The summed E-state index contributed by atoms with van der Waals surface area (Å²) in [5, 5.41) is 0. The highest BCUT2D eigenvalue weighted by atomic mass is 16.6. The van der Waals surface area contributed by atoms with Crippen LogP contribution in [-0.2, 0) is 9.47 Å². The molecule has 3 atom stereocenters. The summed E-state index contributed by atoms with van der Waals surface area (Å²) in [6, 6.07) is 0.555. The topological polar surface area (TPSA) is 47.7 Å². The van der Waals surface area contributed by atoms with Crippen LogP contribution in [0, 0.1) is 0 Å². The van der Waals surface area contributed by atoms with Crippen molar-refractivity contribution in [2.75, 3.05) is 20.3 Å². The molecule has 2 aliphatic rings. The van der Waals surface area contributed by atoms with Gasteiger partial charge in [0.2, 0.25) is 0 Å². The molecule has 4 nitrogen and oxygen atoms in total. The summed E-state index contributed by atoms with van der Waals surface area (Å²) < 4.78 is 11.4. The molecule has 98 valence electrons. The minimum absolute atomic E-state index is 0.0782. The molecule has 0 radical (unpaired) electrons. The number of nitrogens with zero attached hydrogens (tertiary/aromatic N) is 1. The monoisotopic (exact) mass is 240 g/mol. The van der Waals surface area contributed by atoms with Gasteiger partial charge in [-0.15, -0.1) is 0 Å². The summed E-state index contributed by atoms with van der Waals surface area (Å²) in [4.78, 5) is 2.23. The van der Waals surface area contributed by atoms with E-state index >= 15 is 0 Å². The van der Waals surface area contributed by atoms with Crippen molar-refractivity contribution >= 4 is 0 Å². The van der Waals surface area contributed by atoms with Crippen LogP contribution in [-0.4, -0.2) is 43.4 Å². The first-order valence-corrected chi connectivity index (χ1v) is 6.63. The first-order valence-electron chi connectivity index (χ1n) is 6.63. The summed E-state index contributed by atoms with van der Waals surface area (Å²) in [6.07, 6.45) is 6.74. The van der Waals surface area contributed by atoms with Crippen molar-refractivity contribution in [3.05, 3.63) is 11.9 Å². The molecule has 1 saturated heterocycles. The standard InChI is InChI=1S/C13H24N2O2/c1-3-4-10-7-13(12(14)8-15(10)2)17-11-5-6-16-9-11/h8,10-11,13H,3-7,9,14H2,1-2H3/t10?,11-,13?/m1/s1. The van der Waals surface area contributed by atoms with E-state index in [1.165, 1.54) is 12.8 Å². The van der Waals surface area contributed by atoms with Gasteiger partial charge in [-0.3, -0.25) is 0 Å². The number of nitrogens with two attached hydrogens (primary N) is 1. The zero-order valence-electron chi connectivity index (χ0n) is 10.9. The summed E-state index contributed by atoms with van der Waals surface area (Å²) in [5.41, 5.74) is 6.91. The van der Waals surface area contributed by atoms with E-state index in [-0.39, 0.29) is 12.2 Å². The van der Waals surface area contributed by atoms with Crippen molar-refractivity contribution in [3.63, 3.8) is 0 Å². The fourth-order valence-corrected chi connectivity index (χ4v) is 2.61. The van der Waals surface area contributed by atoms with Gasteiger partial charge in [0.25, 0.3) is 0 Å². The van der Waals surface area contributed by atoms with E-state index in [1.807, 2.05) is 6.20 Å². The highest BCUT2D eigenvalue weighted by Crippen LogP contribution is 2.25. The molecule has 0 amide bonds. The molecule has 0 aromatic heterocycles. The summed E-state index contributed by atoms with van der Waals surface area (Å²) >= 11 is 0. The van der Waals surface area contributed by atoms with E-state index in [1.54, 1.807) is 0 Å². The van der Waals surface area contributed by atoms with Gasteiger partial charge in [-0.1, -0.05) is 13.3 Å². The van der Waals surface area contributed by atoms with Gasteiger partial charge < -0.3 is 20.1 Å². The predicted octanol–water partition coefficient (Wildman–Crippen LogP) is 1.46. The Hall–Kier alpha value is -0.740. The van der Waals surface area contributed by atoms with Gasteiger partial charge in [0.05, 0.1) is 18.4 Å². The molecular formula is C13H24N2O2. The molecule has 0 aliphatic carbocycles. The maximum Gasteiger partial charge on any atom is 0.101 e. The van der Waals surface area contributed by atoms with E-state index in [2.05, 4.69) is 18.9 Å². The highest BCUT2D eigenvalue weighted by Gasteiger charge is 2.29. The molecule has 0 aromatic rings. The van der Waals surface area contributed by atoms with Gasteiger partial charge >= 0.3 is 0 Å². The highest BCUT2D eigenvalue weighted by molar-refractivity contribution is 5.09. The molecular weight excluding hydrogens is 216 g/mol. The van der Waals surface area contributed by atoms with Gasteiger partial charge in [-0.2, -0.15) is 0 Å². The van der Waals surface area contributed by atoms with E-state index in [4.69, 9.17) is 15.2 Å². The van der Waals surface area contributed by atoms with Crippen LogP contribution < -0.4 is 5.73 Å². The van der Waals surface area contributed by atoms with Crippen LogP contribution in [0.1, 0.15) is 32.6 Å². The van der Waals surface area contributed by atoms with Crippen molar-refractivity contribution in [1.82, 2.24) is 4.90 Å². The quantitative estimate of drug-likeness (QED) is 0.808. The van der Waals surface area contributed by atoms with Crippen molar-refractivity contribution in [3.8, 4) is 0 Å². The maximum atomic E-state index is 6.06. The molecule has 1 fully saturated rings. The van der Waals surface area contributed by atoms with E-state index in [0.29, 0.717) is 6.04 Å². The molecule has 17 heavy (non-hydrogen) atoms. The zero-order chi connectivity index (χ0) is 12.3. The SMILES string of the molecule is CCCC1CC(O[C@@H]2CCOC2)C(N)=CN1C. The number of rotatable bonds is 4. The fourth-order valence-electron chi connectivity index (χ4n) is 2.61. The van der Waals surface area contributed by atoms with Crippen molar-refractivity contribution in [1.29, 1.82) is 0 Å². The van der Waals surface area contributed by atoms with Crippen LogP contribution in [0.3, 0.4) is 0 Å². The van der Waals surface area contributed by atoms with Crippen molar-refractivity contribution in [2.45, 2.75) is 50.9 Å². The first-order chi connectivity index (χ1) is 8.20. The predicted molar refractivity (Wildman–Crippen MR) is 67.4 cm³/mol. The Bertz CT molecular complexity index is 275. The Kier molecular flexibility index (Phi) is 4.29. The maximum absolute atomic E-state index is 6.06. The average molecular weight is 240 g/mol. The molecule has 4 heteroatoms. The Morgan fingerprint density at radius 1 is 1.59 bits per heavy atom. The Balaban J connectivity index is 1.94. The third kappa shape index (κ3) is 3.13. The molecule has 2 aliphatic heterocycles. The van der Waals surface area contributed by atoms with Crippen LogP contribution in [0.2, 0.25) is 0 Å². The van der Waals surface area contributed by atoms with Crippen LogP contribution in [0.15, 0.2) is 11.9 Å². The fraction of sp³-hybridized carbons (Fsp3) is 0.846. The lowest BCUT2D eigenvalue weighted by atomic mass is 9.98. The van der Waals surface area contributed by atoms with Crippen LogP contribution in [0.5, 0.6) is 0 Å². The van der Waals surface area contributed by atoms with E-state index in [0.717, 1.165) is 31.8 Å². The number of ether oxygens (including phenoxy) is 2. The van der Waals surface area contributed by atoms with E-state index in [9.17, 15) is 0 Å². The summed E-state index contributed by atoms with van der Waals surface area (Å²) in [6.45, 7) is 3.76. The van der Waals surface area contributed by atoms with Crippen LogP contribution >= 0.6 is 0 Å². The number of hydrogen-bond acceptors (Lipinski definition) is 4. The average Bonchev–Trinajstić information content (AvgIpc) is 2.78. The smallest absolute Gasteiger partial charge is 0.101 e. The van der Waals surface area contributed by atoms with Crippen LogP contribution in [0.4, 0.5) is 0 Å². The molecule has 0 saturated carbocycles. The van der Waals surface area contributed by atoms with Crippen molar-refractivity contribution in [2.24, 2.45) is 5.73 Å². The molecule has 0 bridgehead atoms. The summed E-state index contributed by atoms with van der Waals surface area (Å²) in [7, 11) is 2.10. The Morgan fingerprint density at radius 2 is 2.41 bits per heavy atom. The van der Waals surface area contributed by atoms with Gasteiger partial charge in [-0.25, -0.2) is 0 Å². The Morgan fingerprint density at radius 3 is 3.06 bits per heavy atom. The second-order valence-electron chi connectivity index (χ2n) is 5.08. The third-order valence-corrected chi connectivity index (χ3v) is 3.65. The molecule has 2 unspecified atom stereocenters. The summed E-state index contributed by atoms with van der Waals surface area (Å²) in [5.74, 6) is 0. The van der Waals surface area contributed by atoms with Gasteiger partial charge in [0.1, 0.15) is 6.10 Å². The molecule has 0 spiro atoms. The molecule has 2 rings (SSSR count). The Labute approximate surface area is 104 Å². The van der Waals surface area contributed by atoms with Gasteiger partial charge in [0, 0.05) is 25.9 Å². The molecule has 2 N–H and O–H groups in total. The van der Waals surface area contributed by atoms with Gasteiger partial charge in [0.15, 0.2) is 0 Å². The lowest BCUT2D eigenvalue weighted by Crippen LogP contribution is -2.41.